The number of rotatable bonds is 6. The van der Waals surface area contributed by atoms with E-state index in [1.54, 1.807) is 0 Å². The van der Waals surface area contributed by atoms with Crippen LogP contribution in [-0.4, -0.2) is 74.2 Å². The van der Waals surface area contributed by atoms with E-state index in [0.29, 0.717) is 13.0 Å². The number of hydrogen-bond acceptors (Lipinski definition) is 4. The van der Waals surface area contributed by atoms with E-state index < -0.39 is 0 Å². The van der Waals surface area contributed by atoms with Gasteiger partial charge in [0, 0.05) is 52.3 Å². The molecule has 0 aromatic rings. The first-order valence-electron chi connectivity index (χ1n) is 7.61. The minimum absolute atomic E-state index is 0.161. The molecule has 0 aromatic carbocycles. The summed E-state index contributed by atoms with van der Waals surface area (Å²) in [6.07, 6.45) is 3.07. The van der Waals surface area contributed by atoms with Crippen molar-refractivity contribution in [2.45, 2.75) is 32.3 Å². The molecule has 2 aliphatic heterocycles. The summed E-state index contributed by atoms with van der Waals surface area (Å²) in [5.41, 5.74) is 0. The molecule has 110 valence electrons. The molecule has 5 nitrogen and oxygen atoms in total. The van der Waals surface area contributed by atoms with Crippen molar-refractivity contribution in [3.63, 3.8) is 0 Å². The number of carbonyl (C=O) groups is 1. The van der Waals surface area contributed by atoms with E-state index in [1.165, 1.54) is 0 Å². The van der Waals surface area contributed by atoms with Crippen molar-refractivity contribution in [3.05, 3.63) is 0 Å². The van der Waals surface area contributed by atoms with Crippen molar-refractivity contribution in [2.75, 3.05) is 52.4 Å². The van der Waals surface area contributed by atoms with Gasteiger partial charge >= 0.3 is 0 Å². The Bertz CT molecular complexity index is 272. The average molecular weight is 269 g/mol. The summed E-state index contributed by atoms with van der Waals surface area (Å²) >= 11 is 0. The monoisotopic (exact) mass is 269 g/mol. The molecule has 5 heteroatoms. The third-order valence-corrected chi connectivity index (χ3v) is 4.12. The Morgan fingerprint density at radius 3 is 2.63 bits per heavy atom. The van der Waals surface area contributed by atoms with Gasteiger partial charge in [0.25, 0.3) is 0 Å². The van der Waals surface area contributed by atoms with Crippen LogP contribution < -0.4 is 5.32 Å². The molecule has 19 heavy (non-hydrogen) atoms. The molecule has 2 aliphatic rings. The number of likely N-dealkylation sites (N-methyl/N-ethyl adjacent to an activating group) is 1. The molecule has 1 unspecified atom stereocenters. The molecular weight excluding hydrogens is 242 g/mol. The molecule has 2 fully saturated rings. The molecule has 2 rings (SSSR count). The summed E-state index contributed by atoms with van der Waals surface area (Å²) in [4.78, 5) is 16.6. The Morgan fingerprint density at radius 1 is 1.26 bits per heavy atom. The molecule has 0 aliphatic carbocycles. The number of piperazine rings is 1. The molecule has 1 atom stereocenters. The topological polar surface area (TPSA) is 44.8 Å². The van der Waals surface area contributed by atoms with Crippen LogP contribution in [0, 0.1) is 0 Å². The SMILES string of the molecule is CCN1CCN(CCC(=O)NCC2CCCO2)CC1. The lowest BCUT2D eigenvalue weighted by Gasteiger charge is -2.33. The Balaban J connectivity index is 1.53. The fourth-order valence-electron chi connectivity index (χ4n) is 2.71. The second-order valence-corrected chi connectivity index (χ2v) is 5.47. The van der Waals surface area contributed by atoms with Crippen LogP contribution in [0.3, 0.4) is 0 Å². The van der Waals surface area contributed by atoms with Crippen molar-refractivity contribution in [1.82, 2.24) is 15.1 Å². The molecule has 2 heterocycles. The van der Waals surface area contributed by atoms with Crippen LogP contribution in [0.15, 0.2) is 0 Å². The highest BCUT2D eigenvalue weighted by molar-refractivity contribution is 5.76. The Kier molecular flexibility index (Phi) is 6.07. The first-order chi connectivity index (χ1) is 9.28. The Hall–Kier alpha value is -0.650. The second-order valence-electron chi connectivity index (χ2n) is 5.47. The summed E-state index contributed by atoms with van der Waals surface area (Å²) in [7, 11) is 0. The van der Waals surface area contributed by atoms with Gasteiger partial charge in [-0.1, -0.05) is 6.92 Å². The summed E-state index contributed by atoms with van der Waals surface area (Å²) in [5, 5.41) is 2.98. The molecule has 0 saturated carbocycles. The van der Waals surface area contributed by atoms with Gasteiger partial charge in [0.2, 0.25) is 5.91 Å². The Morgan fingerprint density at radius 2 is 2.00 bits per heavy atom. The molecule has 1 N–H and O–H groups in total. The number of hydrogen-bond donors (Lipinski definition) is 1. The quantitative estimate of drug-likeness (QED) is 0.754. The van der Waals surface area contributed by atoms with E-state index in [-0.39, 0.29) is 12.0 Å². The molecule has 2 saturated heterocycles. The lowest BCUT2D eigenvalue weighted by molar-refractivity contribution is -0.122. The zero-order valence-electron chi connectivity index (χ0n) is 12.1. The van der Waals surface area contributed by atoms with Crippen LogP contribution >= 0.6 is 0 Å². The van der Waals surface area contributed by atoms with Gasteiger partial charge in [0.1, 0.15) is 0 Å². The maximum atomic E-state index is 11.8. The largest absolute Gasteiger partial charge is 0.376 e. The summed E-state index contributed by atoms with van der Waals surface area (Å²) in [6.45, 7) is 10.2. The second kappa shape index (κ2) is 7.82. The van der Waals surface area contributed by atoms with E-state index >= 15 is 0 Å². The summed E-state index contributed by atoms with van der Waals surface area (Å²) < 4.78 is 5.49. The van der Waals surface area contributed by atoms with Gasteiger partial charge in [-0.05, 0) is 19.4 Å². The Labute approximate surface area is 116 Å². The van der Waals surface area contributed by atoms with Gasteiger partial charge in [-0.25, -0.2) is 0 Å². The van der Waals surface area contributed by atoms with Crippen LogP contribution in [0.4, 0.5) is 0 Å². The van der Waals surface area contributed by atoms with Crippen molar-refractivity contribution >= 4 is 5.91 Å². The summed E-state index contributed by atoms with van der Waals surface area (Å²) in [5.74, 6) is 0.161. The van der Waals surface area contributed by atoms with Gasteiger partial charge in [0.15, 0.2) is 0 Å². The van der Waals surface area contributed by atoms with E-state index in [1.807, 2.05) is 0 Å². The van der Waals surface area contributed by atoms with Crippen LogP contribution in [0.2, 0.25) is 0 Å². The number of carbonyl (C=O) groups excluding carboxylic acids is 1. The maximum absolute atomic E-state index is 11.8. The third kappa shape index (κ3) is 5.09. The first kappa shape index (κ1) is 14.8. The van der Waals surface area contributed by atoms with E-state index in [4.69, 9.17) is 4.74 Å². The van der Waals surface area contributed by atoms with Gasteiger partial charge in [-0.15, -0.1) is 0 Å². The highest BCUT2D eigenvalue weighted by atomic mass is 16.5. The first-order valence-corrected chi connectivity index (χ1v) is 7.61. The molecule has 0 radical (unpaired) electrons. The van der Waals surface area contributed by atoms with Crippen molar-refractivity contribution in [1.29, 1.82) is 0 Å². The predicted molar refractivity (Wildman–Crippen MR) is 75.2 cm³/mol. The van der Waals surface area contributed by atoms with Crippen molar-refractivity contribution in [3.8, 4) is 0 Å². The molecule has 0 spiro atoms. The van der Waals surface area contributed by atoms with Gasteiger partial charge in [-0.2, -0.15) is 0 Å². The third-order valence-electron chi connectivity index (χ3n) is 4.12. The minimum Gasteiger partial charge on any atom is -0.376 e. The standard InChI is InChI=1S/C14H27N3O2/c1-2-16-7-9-17(10-8-16)6-5-14(18)15-12-13-4-3-11-19-13/h13H,2-12H2,1H3,(H,15,18). The smallest absolute Gasteiger partial charge is 0.221 e. The van der Waals surface area contributed by atoms with Crippen molar-refractivity contribution < 1.29 is 9.53 Å². The fourth-order valence-corrected chi connectivity index (χ4v) is 2.71. The summed E-state index contributed by atoms with van der Waals surface area (Å²) in [6, 6.07) is 0. The van der Waals surface area contributed by atoms with Crippen molar-refractivity contribution in [2.24, 2.45) is 0 Å². The van der Waals surface area contributed by atoms with E-state index in [0.717, 1.165) is 58.7 Å². The molecule has 0 aromatic heterocycles. The number of nitrogens with zero attached hydrogens (tertiary/aromatic N) is 2. The molecule has 0 bridgehead atoms. The molecular formula is C14H27N3O2. The normalized spacial score (nSPS) is 25.6. The predicted octanol–water partition coefficient (Wildman–Crippen LogP) is 0.309. The number of amides is 1. The average Bonchev–Trinajstić information content (AvgIpc) is 2.96. The highest BCUT2D eigenvalue weighted by Gasteiger charge is 2.18. The fraction of sp³-hybridized carbons (Fsp3) is 0.929. The lowest BCUT2D eigenvalue weighted by Crippen LogP contribution is -2.47. The zero-order valence-corrected chi connectivity index (χ0v) is 12.1. The maximum Gasteiger partial charge on any atom is 0.221 e. The number of nitrogens with one attached hydrogen (secondary N) is 1. The van der Waals surface area contributed by atoms with E-state index in [2.05, 4.69) is 22.0 Å². The van der Waals surface area contributed by atoms with Gasteiger partial charge < -0.3 is 19.9 Å². The van der Waals surface area contributed by atoms with E-state index in [9.17, 15) is 4.79 Å². The highest BCUT2D eigenvalue weighted by Crippen LogP contribution is 2.10. The zero-order chi connectivity index (χ0) is 13.5. The molecule has 1 amide bonds. The van der Waals surface area contributed by atoms with Crippen LogP contribution in [0.5, 0.6) is 0 Å². The lowest BCUT2D eigenvalue weighted by atomic mass is 10.2. The van der Waals surface area contributed by atoms with Crippen LogP contribution in [-0.2, 0) is 9.53 Å². The van der Waals surface area contributed by atoms with Crippen LogP contribution in [0.1, 0.15) is 26.2 Å². The van der Waals surface area contributed by atoms with Gasteiger partial charge in [0.05, 0.1) is 6.10 Å². The minimum atomic E-state index is 0.161. The van der Waals surface area contributed by atoms with Crippen LogP contribution in [0.25, 0.3) is 0 Å². The number of ether oxygens (including phenoxy) is 1. The van der Waals surface area contributed by atoms with Gasteiger partial charge in [-0.3, -0.25) is 4.79 Å².